The third kappa shape index (κ3) is 7.26. The minimum absolute atomic E-state index is 0.944. The summed E-state index contributed by atoms with van der Waals surface area (Å²) < 4.78 is 0. The first-order valence-corrected chi connectivity index (χ1v) is 5.83. The zero-order valence-electron chi connectivity index (χ0n) is 9.07. The highest BCUT2D eigenvalue weighted by Gasteiger charge is 1.93. The summed E-state index contributed by atoms with van der Waals surface area (Å²) in [7, 11) is 0. The van der Waals surface area contributed by atoms with Crippen LogP contribution in [0.3, 0.4) is 0 Å². The fourth-order valence-electron chi connectivity index (χ4n) is 1.53. The molecule has 84 valence electrons. The average molecular weight is 200 g/mol. The molecule has 4 heteroatoms. The van der Waals surface area contributed by atoms with E-state index in [4.69, 9.17) is 0 Å². The molecule has 0 aromatic rings. The molecule has 0 unspecified atom stereocenters. The van der Waals surface area contributed by atoms with Crippen LogP contribution in [0.25, 0.3) is 0 Å². The summed E-state index contributed by atoms with van der Waals surface area (Å²) in [6.45, 7) is 7.72. The minimum atomic E-state index is 0.944. The fourth-order valence-corrected chi connectivity index (χ4v) is 1.53. The van der Waals surface area contributed by atoms with Crippen LogP contribution >= 0.6 is 0 Å². The van der Waals surface area contributed by atoms with Crippen molar-refractivity contribution in [1.29, 1.82) is 0 Å². The molecule has 0 spiro atoms. The van der Waals surface area contributed by atoms with Gasteiger partial charge in [-0.1, -0.05) is 0 Å². The van der Waals surface area contributed by atoms with E-state index in [0.717, 1.165) is 45.9 Å². The highest BCUT2D eigenvalue weighted by Crippen LogP contribution is 1.79. The van der Waals surface area contributed by atoms with E-state index in [9.17, 15) is 0 Å². The number of hydrogen-bond acceptors (Lipinski definition) is 4. The van der Waals surface area contributed by atoms with Crippen molar-refractivity contribution in [3.63, 3.8) is 0 Å². The van der Waals surface area contributed by atoms with Crippen LogP contribution in [0.1, 0.15) is 19.3 Å². The van der Waals surface area contributed by atoms with Gasteiger partial charge >= 0.3 is 0 Å². The molecule has 0 aromatic carbocycles. The Morgan fingerprint density at radius 2 is 0.786 bits per heavy atom. The Kier molecular flexibility index (Phi) is 8.00. The average Bonchev–Trinajstić information content (AvgIpc) is 2.22. The van der Waals surface area contributed by atoms with E-state index in [-0.39, 0.29) is 0 Å². The molecule has 0 aromatic heterocycles. The summed E-state index contributed by atoms with van der Waals surface area (Å²) in [4.78, 5) is 0. The van der Waals surface area contributed by atoms with Gasteiger partial charge in [0.25, 0.3) is 0 Å². The summed E-state index contributed by atoms with van der Waals surface area (Å²) >= 11 is 0. The summed E-state index contributed by atoms with van der Waals surface area (Å²) in [5.74, 6) is 0. The van der Waals surface area contributed by atoms with E-state index in [1.54, 1.807) is 0 Å². The third-order valence-corrected chi connectivity index (χ3v) is 2.37. The molecule has 1 heterocycles. The zero-order chi connectivity index (χ0) is 9.90. The molecule has 1 rings (SSSR count). The summed E-state index contributed by atoms with van der Waals surface area (Å²) in [5.41, 5.74) is 0. The first-order chi connectivity index (χ1) is 7.00. The van der Waals surface area contributed by atoms with Gasteiger partial charge in [-0.3, -0.25) is 0 Å². The predicted molar refractivity (Wildman–Crippen MR) is 60.5 cm³/mol. The van der Waals surface area contributed by atoms with Crippen LogP contribution in [0.2, 0.25) is 0 Å². The second kappa shape index (κ2) is 9.40. The maximum absolute atomic E-state index is 3.44. The van der Waals surface area contributed by atoms with Crippen LogP contribution in [-0.2, 0) is 0 Å². The van der Waals surface area contributed by atoms with Crippen molar-refractivity contribution in [2.75, 3.05) is 45.9 Å². The molecular weight excluding hydrogens is 176 g/mol. The van der Waals surface area contributed by atoms with Gasteiger partial charge in [0.15, 0.2) is 0 Å². The first-order valence-electron chi connectivity index (χ1n) is 5.83. The summed E-state index contributed by atoms with van der Waals surface area (Å²) in [5, 5.41) is 13.6. The molecule has 0 amide bonds. The van der Waals surface area contributed by atoms with Crippen LogP contribution in [0, 0.1) is 0 Å². The van der Waals surface area contributed by atoms with E-state index in [0.29, 0.717) is 0 Å². The van der Waals surface area contributed by atoms with E-state index in [1.165, 1.54) is 19.3 Å². The standard InChI is InChI=1S/C10H24N4/c1-4-11-6-2-8-13-10-14-9-3-7-12-5-1/h11-14H,1-10H2. The normalized spacial score (nSPS) is 24.0. The van der Waals surface area contributed by atoms with Crippen LogP contribution in [0.4, 0.5) is 0 Å². The maximum Gasteiger partial charge on any atom is 0.0454 e. The van der Waals surface area contributed by atoms with Gasteiger partial charge < -0.3 is 21.3 Å². The molecular formula is C10H24N4. The molecule has 1 fully saturated rings. The molecule has 0 saturated carbocycles. The van der Waals surface area contributed by atoms with Gasteiger partial charge in [0.05, 0.1) is 0 Å². The highest BCUT2D eigenvalue weighted by atomic mass is 15.1. The molecule has 1 saturated heterocycles. The van der Waals surface area contributed by atoms with Gasteiger partial charge in [-0.25, -0.2) is 0 Å². The van der Waals surface area contributed by atoms with E-state index >= 15 is 0 Å². The monoisotopic (exact) mass is 200 g/mol. The van der Waals surface area contributed by atoms with Crippen molar-refractivity contribution in [2.24, 2.45) is 0 Å². The quantitative estimate of drug-likeness (QED) is 0.425. The SMILES string of the molecule is C1CNCCCNCNCCCNC1. The van der Waals surface area contributed by atoms with Crippen molar-refractivity contribution < 1.29 is 0 Å². The predicted octanol–water partition coefficient (Wildman–Crippen LogP) is -0.514. The first kappa shape index (κ1) is 11.9. The number of rotatable bonds is 0. The van der Waals surface area contributed by atoms with Crippen molar-refractivity contribution in [2.45, 2.75) is 19.3 Å². The van der Waals surface area contributed by atoms with Crippen LogP contribution < -0.4 is 21.3 Å². The Morgan fingerprint density at radius 1 is 0.429 bits per heavy atom. The molecule has 14 heavy (non-hydrogen) atoms. The highest BCUT2D eigenvalue weighted by molar-refractivity contribution is 4.56. The topological polar surface area (TPSA) is 48.1 Å². The molecule has 4 nitrogen and oxygen atoms in total. The summed E-state index contributed by atoms with van der Waals surface area (Å²) in [6, 6.07) is 0. The Bertz CT molecular complexity index is 65.4. The number of nitrogens with one attached hydrogen (secondary N) is 4. The lowest BCUT2D eigenvalue weighted by Gasteiger charge is -2.10. The minimum Gasteiger partial charge on any atom is -0.317 e. The second-order valence-electron chi connectivity index (χ2n) is 3.74. The molecule has 0 bridgehead atoms. The van der Waals surface area contributed by atoms with Gasteiger partial charge in [-0.2, -0.15) is 0 Å². The van der Waals surface area contributed by atoms with E-state index < -0.39 is 0 Å². The molecule has 0 aliphatic carbocycles. The molecule has 1 aliphatic heterocycles. The van der Waals surface area contributed by atoms with Crippen molar-refractivity contribution in [3.05, 3.63) is 0 Å². The lowest BCUT2D eigenvalue weighted by Crippen LogP contribution is -2.34. The zero-order valence-corrected chi connectivity index (χ0v) is 9.07. The fraction of sp³-hybridized carbons (Fsp3) is 1.00. The van der Waals surface area contributed by atoms with Crippen molar-refractivity contribution in [1.82, 2.24) is 21.3 Å². The Labute approximate surface area is 87.2 Å². The molecule has 4 N–H and O–H groups in total. The molecule has 0 radical (unpaired) electrons. The van der Waals surface area contributed by atoms with Crippen LogP contribution in [0.5, 0.6) is 0 Å². The van der Waals surface area contributed by atoms with Gasteiger partial charge in [0.2, 0.25) is 0 Å². The summed E-state index contributed by atoms with van der Waals surface area (Å²) in [6.07, 6.45) is 3.67. The van der Waals surface area contributed by atoms with E-state index in [1.807, 2.05) is 0 Å². The lowest BCUT2D eigenvalue weighted by molar-refractivity contribution is 0.512. The van der Waals surface area contributed by atoms with Crippen molar-refractivity contribution in [3.8, 4) is 0 Å². The lowest BCUT2D eigenvalue weighted by atomic mass is 10.3. The van der Waals surface area contributed by atoms with E-state index in [2.05, 4.69) is 21.3 Å². The smallest absolute Gasteiger partial charge is 0.0454 e. The third-order valence-electron chi connectivity index (χ3n) is 2.37. The molecule has 1 aliphatic rings. The van der Waals surface area contributed by atoms with Gasteiger partial charge in [-0.15, -0.1) is 0 Å². The second-order valence-corrected chi connectivity index (χ2v) is 3.74. The van der Waals surface area contributed by atoms with Gasteiger partial charge in [-0.05, 0) is 58.5 Å². The Balaban J connectivity index is 2.00. The Morgan fingerprint density at radius 3 is 1.21 bits per heavy atom. The van der Waals surface area contributed by atoms with Crippen LogP contribution in [0.15, 0.2) is 0 Å². The number of hydrogen-bond donors (Lipinski definition) is 4. The Hall–Kier alpha value is -0.160. The molecule has 0 atom stereocenters. The van der Waals surface area contributed by atoms with Crippen LogP contribution in [-0.4, -0.2) is 45.9 Å². The van der Waals surface area contributed by atoms with Gasteiger partial charge in [0, 0.05) is 6.67 Å². The maximum atomic E-state index is 3.44. The largest absolute Gasteiger partial charge is 0.317 e. The van der Waals surface area contributed by atoms with Gasteiger partial charge in [0.1, 0.15) is 0 Å². The van der Waals surface area contributed by atoms with Crippen molar-refractivity contribution >= 4 is 0 Å².